The van der Waals surface area contributed by atoms with Crippen LogP contribution in [-0.2, 0) is 10.0 Å². The van der Waals surface area contributed by atoms with Gasteiger partial charge in [0.15, 0.2) is 0 Å². The van der Waals surface area contributed by atoms with Crippen LogP contribution in [0.1, 0.15) is 12.0 Å². The van der Waals surface area contributed by atoms with Crippen molar-refractivity contribution in [2.24, 2.45) is 5.73 Å². The summed E-state index contributed by atoms with van der Waals surface area (Å²) in [6, 6.07) is 4.61. The molecule has 16 heavy (non-hydrogen) atoms. The lowest BCUT2D eigenvalue weighted by Crippen LogP contribution is -2.26. The summed E-state index contributed by atoms with van der Waals surface area (Å²) < 4.78 is 26.0. The van der Waals surface area contributed by atoms with Gasteiger partial charge >= 0.3 is 0 Å². The first kappa shape index (κ1) is 13.4. The molecular formula is C10H15ClN2O2S. The fourth-order valence-electron chi connectivity index (χ4n) is 1.18. The Morgan fingerprint density at radius 1 is 1.44 bits per heavy atom. The number of hydrogen-bond donors (Lipinski definition) is 2. The molecule has 1 aromatic carbocycles. The van der Waals surface area contributed by atoms with Crippen molar-refractivity contribution in [2.75, 3.05) is 13.1 Å². The van der Waals surface area contributed by atoms with Gasteiger partial charge in [-0.1, -0.05) is 11.6 Å². The molecule has 0 aliphatic rings. The monoisotopic (exact) mass is 262 g/mol. The summed E-state index contributed by atoms with van der Waals surface area (Å²) in [4.78, 5) is 0.228. The molecule has 1 rings (SSSR count). The molecule has 0 bridgehead atoms. The van der Waals surface area contributed by atoms with E-state index < -0.39 is 10.0 Å². The molecule has 0 radical (unpaired) electrons. The Hall–Kier alpha value is -0.620. The Kier molecular flexibility index (Phi) is 4.73. The van der Waals surface area contributed by atoms with Gasteiger partial charge in [0.1, 0.15) is 0 Å². The lowest BCUT2D eigenvalue weighted by molar-refractivity contribution is 0.579. The van der Waals surface area contributed by atoms with Crippen molar-refractivity contribution in [3.05, 3.63) is 28.8 Å². The first-order valence-electron chi connectivity index (χ1n) is 4.93. The smallest absolute Gasteiger partial charge is 0.240 e. The summed E-state index contributed by atoms with van der Waals surface area (Å²) in [7, 11) is -3.44. The first-order valence-corrected chi connectivity index (χ1v) is 6.79. The van der Waals surface area contributed by atoms with E-state index in [1.165, 1.54) is 6.07 Å². The highest BCUT2D eigenvalue weighted by atomic mass is 35.5. The van der Waals surface area contributed by atoms with Gasteiger partial charge in [0.25, 0.3) is 0 Å². The predicted octanol–water partition coefficient (Wildman–Crippen LogP) is 1.28. The molecule has 0 saturated carbocycles. The zero-order valence-corrected chi connectivity index (χ0v) is 10.6. The Labute approximate surface area is 101 Å². The van der Waals surface area contributed by atoms with Crippen LogP contribution in [0, 0.1) is 6.92 Å². The maximum absolute atomic E-state index is 11.8. The molecule has 0 spiro atoms. The van der Waals surface area contributed by atoms with E-state index in [-0.39, 0.29) is 4.90 Å². The van der Waals surface area contributed by atoms with Crippen LogP contribution in [0.25, 0.3) is 0 Å². The number of hydrogen-bond acceptors (Lipinski definition) is 3. The number of sulfonamides is 1. The van der Waals surface area contributed by atoms with Crippen LogP contribution in [-0.4, -0.2) is 21.5 Å². The average molecular weight is 263 g/mol. The number of nitrogens with one attached hydrogen (secondary N) is 1. The van der Waals surface area contributed by atoms with Crippen molar-refractivity contribution in [1.29, 1.82) is 0 Å². The zero-order valence-electron chi connectivity index (χ0n) is 9.03. The van der Waals surface area contributed by atoms with Gasteiger partial charge in [-0.15, -0.1) is 0 Å². The summed E-state index contributed by atoms with van der Waals surface area (Å²) in [5.74, 6) is 0. The third-order valence-corrected chi connectivity index (χ3v) is 4.00. The number of aryl methyl sites for hydroxylation is 1. The van der Waals surface area contributed by atoms with Crippen LogP contribution in [0.2, 0.25) is 5.02 Å². The van der Waals surface area contributed by atoms with Gasteiger partial charge in [-0.25, -0.2) is 13.1 Å². The second-order valence-electron chi connectivity index (χ2n) is 3.45. The molecule has 0 aliphatic heterocycles. The van der Waals surface area contributed by atoms with Gasteiger partial charge in [-0.05, 0) is 43.7 Å². The molecule has 1 aromatic rings. The van der Waals surface area contributed by atoms with Gasteiger partial charge in [0.2, 0.25) is 10.0 Å². The highest BCUT2D eigenvalue weighted by Gasteiger charge is 2.13. The SMILES string of the molecule is Cc1cc(S(=O)(=O)NCCCN)ccc1Cl. The fourth-order valence-corrected chi connectivity index (χ4v) is 2.45. The molecule has 4 nitrogen and oxygen atoms in total. The average Bonchev–Trinajstić information content (AvgIpc) is 2.22. The van der Waals surface area contributed by atoms with Crippen LogP contribution >= 0.6 is 11.6 Å². The van der Waals surface area contributed by atoms with Crippen molar-refractivity contribution in [1.82, 2.24) is 4.72 Å². The summed E-state index contributed by atoms with van der Waals surface area (Å²) >= 11 is 5.83. The van der Waals surface area contributed by atoms with Gasteiger partial charge in [-0.3, -0.25) is 0 Å². The van der Waals surface area contributed by atoms with Crippen molar-refractivity contribution in [3.63, 3.8) is 0 Å². The maximum atomic E-state index is 11.8. The van der Waals surface area contributed by atoms with E-state index in [2.05, 4.69) is 4.72 Å². The predicted molar refractivity (Wildman–Crippen MR) is 65.0 cm³/mol. The van der Waals surface area contributed by atoms with Gasteiger partial charge < -0.3 is 5.73 Å². The highest BCUT2D eigenvalue weighted by Crippen LogP contribution is 2.19. The molecule has 0 heterocycles. The Morgan fingerprint density at radius 3 is 2.69 bits per heavy atom. The lowest BCUT2D eigenvalue weighted by atomic mass is 10.2. The van der Waals surface area contributed by atoms with Gasteiger partial charge in [-0.2, -0.15) is 0 Å². The van der Waals surface area contributed by atoms with Crippen molar-refractivity contribution < 1.29 is 8.42 Å². The van der Waals surface area contributed by atoms with Crippen LogP contribution in [0.4, 0.5) is 0 Å². The quantitative estimate of drug-likeness (QED) is 0.785. The number of rotatable bonds is 5. The normalized spacial score (nSPS) is 11.7. The summed E-state index contributed by atoms with van der Waals surface area (Å²) in [5, 5.41) is 0.556. The Morgan fingerprint density at radius 2 is 2.12 bits per heavy atom. The topological polar surface area (TPSA) is 72.2 Å². The van der Waals surface area contributed by atoms with Crippen molar-refractivity contribution >= 4 is 21.6 Å². The Balaban J connectivity index is 2.86. The molecule has 90 valence electrons. The number of halogens is 1. The zero-order chi connectivity index (χ0) is 12.2. The third-order valence-electron chi connectivity index (χ3n) is 2.11. The number of nitrogens with two attached hydrogens (primary N) is 1. The fraction of sp³-hybridized carbons (Fsp3) is 0.400. The van der Waals surface area contributed by atoms with E-state index in [0.717, 1.165) is 5.56 Å². The molecule has 0 aliphatic carbocycles. The molecule has 0 atom stereocenters. The number of benzene rings is 1. The molecule has 0 unspecified atom stereocenters. The van der Waals surface area contributed by atoms with E-state index >= 15 is 0 Å². The second-order valence-corrected chi connectivity index (χ2v) is 5.63. The minimum absolute atomic E-state index is 0.228. The van der Waals surface area contributed by atoms with E-state index in [9.17, 15) is 8.42 Å². The minimum Gasteiger partial charge on any atom is -0.330 e. The van der Waals surface area contributed by atoms with E-state index in [1.807, 2.05) is 0 Å². The molecule has 0 amide bonds. The minimum atomic E-state index is -3.44. The molecule has 0 aromatic heterocycles. The summed E-state index contributed by atoms with van der Waals surface area (Å²) in [6.07, 6.45) is 0.617. The van der Waals surface area contributed by atoms with Crippen LogP contribution < -0.4 is 10.5 Å². The highest BCUT2D eigenvalue weighted by molar-refractivity contribution is 7.89. The van der Waals surface area contributed by atoms with E-state index in [4.69, 9.17) is 17.3 Å². The van der Waals surface area contributed by atoms with Crippen LogP contribution in [0.5, 0.6) is 0 Å². The van der Waals surface area contributed by atoms with Crippen molar-refractivity contribution in [3.8, 4) is 0 Å². The second kappa shape index (κ2) is 5.63. The molecule has 6 heteroatoms. The van der Waals surface area contributed by atoms with Crippen molar-refractivity contribution in [2.45, 2.75) is 18.2 Å². The standard InChI is InChI=1S/C10H15ClN2O2S/c1-8-7-9(3-4-10(8)11)16(14,15)13-6-2-5-12/h3-4,7,13H,2,5-6,12H2,1H3. The molecule has 0 saturated heterocycles. The van der Waals surface area contributed by atoms with Crippen LogP contribution in [0.15, 0.2) is 23.1 Å². The maximum Gasteiger partial charge on any atom is 0.240 e. The molecule has 3 N–H and O–H groups in total. The van der Waals surface area contributed by atoms with E-state index in [0.29, 0.717) is 24.5 Å². The largest absolute Gasteiger partial charge is 0.330 e. The lowest BCUT2D eigenvalue weighted by Gasteiger charge is -2.07. The molecular weight excluding hydrogens is 248 g/mol. The summed E-state index contributed by atoms with van der Waals surface area (Å²) in [5.41, 5.74) is 6.03. The van der Waals surface area contributed by atoms with Gasteiger partial charge in [0, 0.05) is 11.6 Å². The third kappa shape index (κ3) is 3.45. The first-order chi connectivity index (χ1) is 7.47. The molecule has 0 fully saturated rings. The summed E-state index contributed by atoms with van der Waals surface area (Å²) in [6.45, 7) is 2.57. The van der Waals surface area contributed by atoms with Crippen LogP contribution in [0.3, 0.4) is 0 Å². The Bertz CT molecular complexity index is 460. The van der Waals surface area contributed by atoms with E-state index in [1.54, 1.807) is 19.1 Å². The van der Waals surface area contributed by atoms with Gasteiger partial charge in [0.05, 0.1) is 4.90 Å².